The Morgan fingerprint density at radius 1 is 1.62 bits per heavy atom. The van der Waals surface area contributed by atoms with Crippen LogP contribution in [0.3, 0.4) is 0 Å². The van der Waals surface area contributed by atoms with Gasteiger partial charge in [-0.15, -0.1) is 0 Å². The van der Waals surface area contributed by atoms with E-state index in [0.717, 1.165) is 0 Å². The third-order valence-electron chi connectivity index (χ3n) is 2.23. The lowest BCUT2D eigenvalue weighted by molar-refractivity contribution is 0.0706. The van der Waals surface area contributed by atoms with Crippen molar-refractivity contribution in [2.75, 3.05) is 26.8 Å². The van der Waals surface area contributed by atoms with Crippen molar-refractivity contribution in [1.82, 2.24) is 9.88 Å². The molecule has 1 heterocycles. The van der Waals surface area contributed by atoms with Gasteiger partial charge in [-0.2, -0.15) is 0 Å². The predicted octanol–water partition coefficient (Wildman–Crippen LogP) is 1.84. The molecule has 0 aliphatic heterocycles. The highest BCUT2D eigenvalue weighted by Crippen LogP contribution is 2.15. The number of rotatable bonds is 5. The van der Waals surface area contributed by atoms with Crippen LogP contribution in [0.2, 0.25) is 5.02 Å². The van der Waals surface area contributed by atoms with Gasteiger partial charge in [0.15, 0.2) is 0 Å². The summed E-state index contributed by atoms with van der Waals surface area (Å²) >= 11 is 5.94. The Balaban J connectivity index is 2.79. The highest BCUT2D eigenvalue weighted by atomic mass is 35.5. The molecule has 0 saturated carbocycles. The standard InChI is InChI=1S/C11H15ClN2O2/c1-3-14(6-7-16-2)11(15)9-8-13-5-4-10(9)12/h4-5,8H,3,6-7H2,1-2H3. The van der Waals surface area contributed by atoms with E-state index in [1.54, 1.807) is 24.3 Å². The number of halogens is 1. The number of carbonyl (C=O) groups is 1. The molecule has 0 aliphatic carbocycles. The molecule has 1 amide bonds. The summed E-state index contributed by atoms with van der Waals surface area (Å²) in [6.45, 7) is 3.60. The van der Waals surface area contributed by atoms with Gasteiger partial charge in [-0.05, 0) is 13.0 Å². The Morgan fingerprint density at radius 3 is 2.94 bits per heavy atom. The van der Waals surface area contributed by atoms with E-state index in [0.29, 0.717) is 30.3 Å². The second-order valence-electron chi connectivity index (χ2n) is 3.23. The van der Waals surface area contributed by atoms with Gasteiger partial charge in [0, 0.05) is 32.6 Å². The topological polar surface area (TPSA) is 42.4 Å². The van der Waals surface area contributed by atoms with E-state index in [1.165, 1.54) is 6.20 Å². The predicted molar refractivity (Wildman–Crippen MR) is 62.7 cm³/mol. The fourth-order valence-corrected chi connectivity index (χ4v) is 1.50. The second kappa shape index (κ2) is 6.45. The quantitative estimate of drug-likeness (QED) is 0.791. The molecule has 0 aromatic carbocycles. The molecule has 5 heteroatoms. The number of carbonyl (C=O) groups excluding carboxylic acids is 1. The molecule has 0 aliphatic rings. The number of methoxy groups -OCH3 is 1. The van der Waals surface area contributed by atoms with Crippen LogP contribution in [0.5, 0.6) is 0 Å². The van der Waals surface area contributed by atoms with Gasteiger partial charge < -0.3 is 9.64 Å². The Bertz CT molecular complexity index is 358. The van der Waals surface area contributed by atoms with Gasteiger partial charge in [0.2, 0.25) is 0 Å². The van der Waals surface area contributed by atoms with Crippen LogP contribution in [-0.4, -0.2) is 42.6 Å². The summed E-state index contributed by atoms with van der Waals surface area (Å²) in [5.41, 5.74) is 0.433. The maximum absolute atomic E-state index is 12.0. The van der Waals surface area contributed by atoms with Crippen LogP contribution >= 0.6 is 11.6 Å². The Morgan fingerprint density at radius 2 is 2.38 bits per heavy atom. The van der Waals surface area contributed by atoms with E-state index in [1.807, 2.05) is 6.92 Å². The van der Waals surface area contributed by atoms with E-state index < -0.39 is 0 Å². The zero-order valence-corrected chi connectivity index (χ0v) is 10.2. The molecule has 0 fully saturated rings. The maximum Gasteiger partial charge on any atom is 0.257 e. The highest BCUT2D eigenvalue weighted by molar-refractivity contribution is 6.33. The molecule has 1 rings (SSSR count). The minimum absolute atomic E-state index is 0.113. The number of amides is 1. The Kier molecular flexibility index (Phi) is 5.22. The highest BCUT2D eigenvalue weighted by Gasteiger charge is 2.16. The van der Waals surface area contributed by atoms with Crippen LogP contribution in [-0.2, 0) is 4.74 Å². The van der Waals surface area contributed by atoms with Crippen LogP contribution in [0.15, 0.2) is 18.5 Å². The van der Waals surface area contributed by atoms with Gasteiger partial charge in [-0.25, -0.2) is 0 Å². The summed E-state index contributed by atoms with van der Waals surface area (Å²) in [5, 5.41) is 0.427. The van der Waals surface area contributed by atoms with E-state index in [4.69, 9.17) is 16.3 Å². The van der Waals surface area contributed by atoms with Crippen LogP contribution in [0.25, 0.3) is 0 Å². The summed E-state index contributed by atoms with van der Waals surface area (Å²) in [7, 11) is 1.61. The normalized spacial score (nSPS) is 10.2. The van der Waals surface area contributed by atoms with Crippen molar-refractivity contribution in [3.05, 3.63) is 29.0 Å². The molecule has 0 N–H and O–H groups in total. The average molecular weight is 243 g/mol. The SMILES string of the molecule is CCN(CCOC)C(=O)c1cnccc1Cl. The first-order chi connectivity index (χ1) is 7.70. The van der Waals surface area contributed by atoms with Crippen molar-refractivity contribution in [3.63, 3.8) is 0 Å². The van der Waals surface area contributed by atoms with Crippen molar-refractivity contribution in [2.45, 2.75) is 6.92 Å². The largest absolute Gasteiger partial charge is 0.383 e. The first kappa shape index (κ1) is 12.9. The number of hydrogen-bond donors (Lipinski definition) is 0. The second-order valence-corrected chi connectivity index (χ2v) is 3.64. The van der Waals surface area contributed by atoms with Crippen LogP contribution in [0.1, 0.15) is 17.3 Å². The lowest BCUT2D eigenvalue weighted by Crippen LogP contribution is -2.33. The fraction of sp³-hybridized carbons (Fsp3) is 0.455. The van der Waals surface area contributed by atoms with Gasteiger partial charge in [0.1, 0.15) is 0 Å². The molecule has 4 nitrogen and oxygen atoms in total. The summed E-state index contributed by atoms with van der Waals surface area (Å²) in [6, 6.07) is 1.61. The molecule has 0 spiro atoms. The summed E-state index contributed by atoms with van der Waals surface area (Å²) in [4.78, 5) is 17.6. The van der Waals surface area contributed by atoms with Crippen molar-refractivity contribution in [2.24, 2.45) is 0 Å². The number of nitrogens with zero attached hydrogens (tertiary/aromatic N) is 2. The number of hydrogen-bond acceptors (Lipinski definition) is 3. The molecule has 1 aromatic rings. The average Bonchev–Trinajstić information content (AvgIpc) is 2.30. The minimum atomic E-state index is -0.113. The van der Waals surface area contributed by atoms with Gasteiger partial charge in [-0.3, -0.25) is 9.78 Å². The van der Waals surface area contributed by atoms with Crippen molar-refractivity contribution in [3.8, 4) is 0 Å². The number of pyridine rings is 1. The molecule has 0 saturated heterocycles. The fourth-order valence-electron chi connectivity index (χ4n) is 1.31. The molecule has 0 unspecified atom stereocenters. The van der Waals surface area contributed by atoms with E-state index >= 15 is 0 Å². The zero-order valence-electron chi connectivity index (χ0n) is 9.44. The van der Waals surface area contributed by atoms with Gasteiger partial charge in [0.05, 0.1) is 17.2 Å². The molecular formula is C11H15ClN2O2. The summed E-state index contributed by atoms with van der Waals surface area (Å²) in [6.07, 6.45) is 3.05. The molecule has 0 atom stereocenters. The van der Waals surface area contributed by atoms with Crippen LogP contribution in [0.4, 0.5) is 0 Å². The zero-order chi connectivity index (χ0) is 12.0. The van der Waals surface area contributed by atoms with E-state index in [-0.39, 0.29) is 5.91 Å². The minimum Gasteiger partial charge on any atom is -0.383 e. The van der Waals surface area contributed by atoms with Gasteiger partial charge >= 0.3 is 0 Å². The third kappa shape index (κ3) is 3.18. The molecule has 1 aromatic heterocycles. The lowest BCUT2D eigenvalue weighted by atomic mass is 10.2. The molecular weight excluding hydrogens is 228 g/mol. The molecule has 88 valence electrons. The molecule has 16 heavy (non-hydrogen) atoms. The summed E-state index contributed by atoms with van der Waals surface area (Å²) < 4.78 is 4.95. The van der Waals surface area contributed by atoms with Crippen molar-refractivity contribution >= 4 is 17.5 Å². The first-order valence-corrected chi connectivity index (χ1v) is 5.46. The number of likely N-dealkylation sites (N-methyl/N-ethyl adjacent to an activating group) is 1. The molecule has 0 bridgehead atoms. The van der Waals surface area contributed by atoms with E-state index in [9.17, 15) is 4.79 Å². The Hall–Kier alpha value is -1.13. The number of aromatic nitrogens is 1. The van der Waals surface area contributed by atoms with E-state index in [2.05, 4.69) is 4.98 Å². The van der Waals surface area contributed by atoms with Crippen LogP contribution in [0, 0.1) is 0 Å². The van der Waals surface area contributed by atoms with Gasteiger partial charge in [-0.1, -0.05) is 11.6 Å². The first-order valence-electron chi connectivity index (χ1n) is 5.08. The summed E-state index contributed by atoms with van der Waals surface area (Å²) in [5.74, 6) is -0.113. The number of ether oxygens (including phenoxy) is 1. The van der Waals surface area contributed by atoms with Crippen LogP contribution < -0.4 is 0 Å². The Labute approximate surface area is 100 Å². The lowest BCUT2D eigenvalue weighted by Gasteiger charge is -2.20. The van der Waals surface area contributed by atoms with Crippen molar-refractivity contribution < 1.29 is 9.53 Å². The third-order valence-corrected chi connectivity index (χ3v) is 2.56. The monoisotopic (exact) mass is 242 g/mol. The van der Waals surface area contributed by atoms with Crippen molar-refractivity contribution in [1.29, 1.82) is 0 Å². The smallest absolute Gasteiger partial charge is 0.257 e. The molecule has 0 radical (unpaired) electrons. The maximum atomic E-state index is 12.0. The van der Waals surface area contributed by atoms with Gasteiger partial charge in [0.25, 0.3) is 5.91 Å².